The van der Waals surface area contributed by atoms with E-state index in [1.165, 1.54) is 115 Å². The molecule has 0 atom stereocenters. The minimum Gasteiger partial charge on any atom is -0.458 e. The zero-order valence-corrected chi connectivity index (χ0v) is 42.0. The molecule has 11 aromatic rings. The zero-order valence-electron chi connectivity index (χ0n) is 42.0. The Labute approximate surface area is 394 Å². The monoisotopic (exact) mass is 876 g/mol. The molecule has 0 radical (unpaired) electrons. The molecule has 4 aromatic heterocycles. The molecule has 0 bridgehead atoms. The molecule has 0 amide bonds. The van der Waals surface area contributed by atoms with Crippen molar-refractivity contribution in [2.24, 2.45) is 0 Å². The van der Waals surface area contributed by atoms with Gasteiger partial charge in [-0.05, 0) is 126 Å². The van der Waals surface area contributed by atoms with E-state index in [2.05, 4.69) is 210 Å². The van der Waals surface area contributed by atoms with Crippen LogP contribution in [0.2, 0.25) is 0 Å². The van der Waals surface area contributed by atoms with Gasteiger partial charge in [0.15, 0.2) is 0 Å². The molecule has 0 aliphatic carbocycles. The molecule has 0 spiro atoms. The number of ether oxygens (including phenoxy) is 2. The molecular formula is C62H61BN2O2. The smallest absolute Gasteiger partial charge is 0.260 e. The maximum absolute atomic E-state index is 7.24. The molecule has 0 saturated carbocycles. The molecule has 4 nitrogen and oxygen atoms in total. The van der Waals surface area contributed by atoms with Crippen molar-refractivity contribution in [2.75, 3.05) is 0 Å². The summed E-state index contributed by atoms with van der Waals surface area (Å²) in [5.41, 5.74) is 17.4. The number of nitrogens with zero attached hydrogens (tertiary/aromatic N) is 2. The van der Waals surface area contributed by atoms with Crippen molar-refractivity contribution >= 4 is 99.3 Å². The van der Waals surface area contributed by atoms with Gasteiger partial charge in [-0.15, -0.1) is 0 Å². The summed E-state index contributed by atoms with van der Waals surface area (Å²) in [6, 6.07) is 38.4. The van der Waals surface area contributed by atoms with Gasteiger partial charge in [0.25, 0.3) is 6.71 Å². The van der Waals surface area contributed by atoms with Gasteiger partial charge in [0.05, 0.1) is 33.1 Å². The molecule has 0 unspecified atom stereocenters. The first-order valence-corrected chi connectivity index (χ1v) is 24.5. The maximum atomic E-state index is 7.24. The molecule has 13 rings (SSSR count). The zero-order chi connectivity index (χ0) is 47.0. The summed E-state index contributed by atoms with van der Waals surface area (Å²) in [4.78, 5) is 0. The Bertz CT molecular complexity index is 3740. The fourth-order valence-electron chi connectivity index (χ4n) is 11.8. The van der Waals surface area contributed by atoms with Gasteiger partial charge in [-0.3, -0.25) is 0 Å². The summed E-state index contributed by atoms with van der Waals surface area (Å²) in [5.74, 6) is 3.60. The standard InChI is InChI=1S/C62H61BN2O2/c1-58(2,3)32-16-18-47-37(20-32)41-22-34(60(7,8)9)24-43-39-28-45-51(30-49(39)64(47)56(41)43)66-53-26-36(62(13,14)15)27-54-55(53)63(45)46-29-40-44-25-35(61(10,11)12)23-42-38-21-33(59(4,5)6)17-19-48(38)65(57(42)44)50(40)31-52(46)67-54/h16-31H,1-15H3. The van der Waals surface area contributed by atoms with E-state index in [0.29, 0.717) is 0 Å². The minimum absolute atomic E-state index is 0.0334. The first-order valence-electron chi connectivity index (χ1n) is 24.5. The van der Waals surface area contributed by atoms with Crippen molar-refractivity contribution in [1.82, 2.24) is 8.80 Å². The number of rotatable bonds is 0. The number of aromatic nitrogens is 2. The number of hydrogen-bond donors (Lipinski definition) is 0. The van der Waals surface area contributed by atoms with Gasteiger partial charge in [-0.2, -0.15) is 0 Å². The van der Waals surface area contributed by atoms with Gasteiger partial charge in [0.2, 0.25) is 0 Å². The summed E-state index contributed by atoms with van der Waals surface area (Å²) in [6.45, 7) is 34.6. The van der Waals surface area contributed by atoms with Crippen molar-refractivity contribution in [3.8, 4) is 23.0 Å². The topological polar surface area (TPSA) is 27.3 Å². The van der Waals surface area contributed by atoms with E-state index < -0.39 is 0 Å². The van der Waals surface area contributed by atoms with Gasteiger partial charge in [-0.25, -0.2) is 0 Å². The van der Waals surface area contributed by atoms with Crippen molar-refractivity contribution in [1.29, 1.82) is 0 Å². The summed E-state index contributed by atoms with van der Waals surface area (Å²) >= 11 is 0. The normalized spacial score (nSPS) is 14.7. The van der Waals surface area contributed by atoms with Crippen LogP contribution < -0.4 is 25.9 Å². The highest BCUT2D eigenvalue weighted by Crippen LogP contribution is 2.48. The van der Waals surface area contributed by atoms with Crippen LogP contribution in [-0.4, -0.2) is 15.5 Å². The fourth-order valence-corrected chi connectivity index (χ4v) is 11.8. The Morgan fingerprint density at radius 1 is 0.313 bits per heavy atom. The second kappa shape index (κ2) is 12.5. The highest BCUT2D eigenvalue weighted by molar-refractivity contribution is 6.98. The summed E-state index contributed by atoms with van der Waals surface area (Å²) < 4.78 is 19.5. The Kier molecular flexibility index (Phi) is 7.63. The first-order chi connectivity index (χ1) is 31.3. The van der Waals surface area contributed by atoms with Gasteiger partial charge < -0.3 is 18.3 Å². The van der Waals surface area contributed by atoms with Gasteiger partial charge >= 0.3 is 0 Å². The summed E-state index contributed by atoms with van der Waals surface area (Å²) in [5, 5.41) is 10.4. The van der Waals surface area contributed by atoms with Crippen molar-refractivity contribution in [3.05, 3.63) is 125 Å². The van der Waals surface area contributed by atoms with Crippen LogP contribution in [0.15, 0.2) is 97.1 Å². The predicted molar refractivity (Wildman–Crippen MR) is 287 cm³/mol. The molecule has 7 aromatic carbocycles. The van der Waals surface area contributed by atoms with E-state index in [0.717, 1.165) is 28.5 Å². The molecule has 6 heterocycles. The second-order valence-electron chi connectivity index (χ2n) is 25.6. The molecule has 2 aliphatic rings. The molecule has 0 saturated heterocycles. The van der Waals surface area contributed by atoms with Crippen molar-refractivity contribution in [3.63, 3.8) is 0 Å². The average Bonchev–Trinajstić information content (AvgIpc) is 3.95. The van der Waals surface area contributed by atoms with Gasteiger partial charge in [0, 0.05) is 60.7 Å². The molecule has 67 heavy (non-hydrogen) atoms. The molecule has 0 fully saturated rings. The lowest BCUT2D eigenvalue weighted by Crippen LogP contribution is -2.57. The summed E-state index contributed by atoms with van der Waals surface area (Å²) in [7, 11) is 0. The number of fused-ring (bicyclic) bond motifs is 16. The van der Waals surface area contributed by atoms with Crippen LogP contribution in [0.1, 0.15) is 132 Å². The third-order valence-corrected chi connectivity index (χ3v) is 15.8. The van der Waals surface area contributed by atoms with Crippen LogP contribution in [0.25, 0.3) is 76.2 Å². The average molecular weight is 877 g/mol. The molecule has 5 heteroatoms. The Morgan fingerprint density at radius 3 is 0.970 bits per heavy atom. The van der Waals surface area contributed by atoms with E-state index in [1.54, 1.807) is 0 Å². The molecule has 0 N–H and O–H groups in total. The third-order valence-electron chi connectivity index (χ3n) is 15.8. The number of benzene rings is 7. The van der Waals surface area contributed by atoms with E-state index >= 15 is 0 Å². The maximum Gasteiger partial charge on any atom is 0.260 e. The van der Waals surface area contributed by atoms with Crippen molar-refractivity contribution < 1.29 is 9.47 Å². The SMILES string of the molecule is CC(C)(C)c1cc2c3c(c1)Oc1cc4c(cc1B3c1cc3c5cc(C(C)(C)C)cc6c7cc(C(C)(C)C)ccc7n(c3cc1O2)c65)c1cc(C(C)(C)C)cc2c3cc(C(C)(C)C)ccc3n4c21. The van der Waals surface area contributed by atoms with Crippen LogP contribution in [0.5, 0.6) is 23.0 Å². The second-order valence-corrected chi connectivity index (χ2v) is 25.6. The minimum atomic E-state index is -0.119. The van der Waals surface area contributed by atoms with Crippen LogP contribution in [0, 0.1) is 0 Å². The predicted octanol–water partition coefficient (Wildman–Crippen LogP) is 15.2. The van der Waals surface area contributed by atoms with Gasteiger partial charge in [0.1, 0.15) is 23.0 Å². The molecule has 2 aliphatic heterocycles. The highest BCUT2D eigenvalue weighted by atomic mass is 16.5. The molecular weight excluding hydrogens is 816 g/mol. The third kappa shape index (κ3) is 5.55. The summed E-state index contributed by atoms with van der Waals surface area (Å²) in [6.07, 6.45) is 0. The Hall–Kier alpha value is -6.20. The quantitative estimate of drug-likeness (QED) is 0.142. The lowest BCUT2D eigenvalue weighted by atomic mass is 9.34. The number of hydrogen-bond acceptors (Lipinski definition) is 2. The Balaban J connectivity index is 1.13. The van der Waals surface area contributed by atoms with Crippen molar-refractivity contribution in [2.45, 2.75) is 131 Å². The highest BCUT2D eigenvalue weighted by Gasteiger charge is 2.43. The molecule has 334 valence electrons. The lowest BCUT2D eigenvalue weighted by Gasteiger charge is -2.34. The van der Waals surface area contributed by atoms with E-state index in [4.69, 9.17) is 9.47 Å². The lowest BCUT2D eigenvalue weighted by molar-refractivity contribution is 0.459. The van der Waals surface area contributed by atoms with E-state index in [-0.39, 0.29) is 33.8 Å². The van der Waals surface area contributed by atoms with E-state index in [1.807, 2.05) is 0 Å². The van der Waals surface area contributed by atoms with Gasteiger partial charge in [-0.1, -0.05) is 128 Å². The Morgan fingerprint density at radius 2 is 0.627 bits per heavy atom. The largest absolute Gasteiger partial charge is 0.458 e. The van der Waals surface area contributed by atoms with Crippen LogP contribution in [-0.2, 0) is 27.1 Å². The van der Waals surface area contributed by atoms with Crippen LogP contribution in [0.4, 0.5) is 0 Å². The fraction of sp³-hybridized carbons (Fsp3) is 0.323. The van der Waals surface area contributed by atoms with Crippen LogP contribution in [0.3, 0.4) is 0 Å². The van der Waals surface area contributed by atoms with Crippen LogP contribution >= 0.6 is 0 Å². The first kappa shape index (κ1) is 41.0. The van der Waals surface area contributed by atoms with E-state index in [9.17, 15) is 0 Å².